The van der Waals surface area contributed by atoms with E-state index in [1.807, 2.05) is 30.3 Å². The van der Waals surface area contributed by atoms with Gasteiger partial charge in [0.1, 0.15) is 18.4 Å². The number of alkyl halides is 1. The lowest BCUT2D eigenvalue weighted by Crippen LogP contribution is -2.41. The van der Waals surface area contributed by atoms with Crippen molar-refractivity contribution in [3.63, 3.8) is 0 Å². The highest BCUT2D eigenvalue weighted by Crippen LogP contribution is 2.17. The molecule has 1 aliphatic heterocycles. The van der Waals surface area contributed by atoms with Crippen LogP contribution in [0, 0.1) is 0 Å². The zero-order valence-corrected chi connectivity index (χ0v) is 14.8. The van der Waals surface area contributed by atoms with E-state index in [0.717, 1.165) is 5.56 Å². The van der Waals surface area contributed by atoms with Crippen LogP contribution in [0.4, 0.5) is 9.18 Å². The van der Waals surface area contributed by atoms with Crippen LogP contribution < -0.4 is 5.32 Å². The number of amides is 1. The molecule has 2 rings (SSSR count). The van der Waals surface area contributed by atoms with Crippen molar-refractivity contribution in [2.45, 2.75) is 45.2 Å². The molecule has 0 spiro atoms. The van der Waals surface area contributed by atoms with E-state index in [0.29, 0.717) is 0 Å². The van der Waals surface area contributed by atoms with Crippen molar-refractivity contribution in [2.24, 2.45) is 0 Å². The summed E-state index contributed by atoms with van der Waals surface area (Å²) in [5.41, 5.74) is 0.256. The molecule has 1 saturated heterocycles. The number of hydrogen-bond acceptors (Lipinski definition) is 5. The highest BCUT2D eigenvalue weighted by atomic mass is 19.1. The topological polar surface area (TPSA) is 67.9 Å². The summed E-state index contributed by atoms with van der Waals surface area (Å²) in [6, 6.07) is 8.70. The first-order valence-electron chi connectivity index (χ1n) is 8.29. The molecule has 0 unspecified atom stereocenters. The van der Waals surface area contributed by atoms with Crippen molar-refractivity contribution in [3.8, 4) is 0 Å². The monoisotopic (exact) mass is 352 g/mol. The van der Waals surface area contributed by atoms with Gasteiger partial charge in [0.05, 0.1) is 19.1 Å². The predicted molar refractivity (Wildman–Crippen MR) is 90.7 cm³/mol. The average molecular weight is 352 g/mol. The zero-order chi connectivity index (χ0) is 18.4. The van der Waals surface area contributed by atoms with Gasteiger partial charge in [-0.25, -0.2) is 9.18 Å². The molecule has 0 aliphatic carbocycles. The fraction of sp³-hybridized carbons (Fsp3) is 0.556. The Morgan fingerprint density at radius 3 is 2.56 bits per heavy atom. The van der Waals surface area contributed by atoms with Gasteiger partial charge in [-0.3, -0.25) is 10.1 Å². The number of benzene rings is 1. The number of esters is 1. The second-order valence-corrected chi connectivity index (χ2v) is 7.03. The van der Waals surface area contributed by atoms with Gasteiger partial charge < -0.3 is 14.4 Å². The average Bonchev–Trinajstić information content (AvgIpc) is 2.91. The van der Waals surface area contributed by atoms with Crippen molar-refractivity contribution in [1.29, 1.82) is 0 Å². The standard InChI is InChI=1S/C18H25FN2O4/c1-18(2,3)25-17(23)21-10-14(19)15(11-21)20-9-16(22)24-12-13-7-5-4-6-8-13/h4-8,14-15,20H,9-12H2,1-3H3/t14-,15+/m0/s1. The van der Waals surface area contributed by atoms with Gasteiger partial charge in [0.25, 0.3) is 0 Å². The Hall–Kier alpha value is -2.15. The third-order valence-electron chi connectivity index (χ3n) is 3.65. The number of nitrogens with zero attached hydrogens (tertiary/aromatic N) is 1. The Labute approximate surface area is 147 Å². The summed E-state index contributed by atoms with van der Waals surface area (Å²) in [5.74, 6) is -0.466. The van der Waals surface area contributed by atoms with E-state index in [4.69, 9.17) is 9.47 Å². The van der Waals surface area contributed by atoms with Crippen LogP contribution in [-0.2, 0) is 20.9 Å². The summed E-state index contributed by atoms with van der Waals surface area (Å²) >= 11 is 0. The molecule has 138 valence electrons. The second kappa shape index (κ2) is 8.29. The lowest BCUT2D eigenvalue weighted by atomic mass is 10.2. The molecule has 1 aromatic carbocycles. The number of hydrogen-bond donors (Lipinski definition) is 1. The minimum absolute atomic E-state index is 0.0500. The molecule has 25 heavy (non-hydrogen) atoms. The number of likely N-dealkylation sites (tertiary alicyclic amines) is 1. The number of carbonyl (C=O) groups is 2. The second-order valence-electron chi connectivity index (χ2n) is 7.03. The van der Waals surface area contributed by atoms with Crippen LogP contribution in [0.3, 0.4) is 0 Å². The van der Waals surface area contributed by atoms with Crippen molar-refractivity contribution in [2.75, 3.05) is 19.6 Å². The number of ether oxygens (including phenoxy) is 2. The van der Waals surface area contributed by atoms with Crippen molar-refractivity contribution >= 4 is 12.1 Å². The van der Waals surface area contributed by atoms with Crippen LogP contribution in [0.5, 0.6) is 0 Å². The van der Waals surface area contributed by atoms with E-state index < -0.39 is 29.9 Å². The molecule has 1 aliphatic rings. The molecule has 0 bridgehead atoms. The summed E-state index contributed by atoms with van der Waals surface area (Å²) in [7, 11) is 0. The van der Waals surface area contributed by atoms with Gasteiger partial charge in [-0.1, -0.05) is 30.3 Å². The quantitative estimate of drug-likeness (QED) is 0.824. The summed E-state index contributed by atoms with van der Waals surface area (Å²) in [6.07, 6.45) is -1.81. The maximum atomic E-state index is 14.1. The molecule has 0 aromatic heterocycles. The van der Waals surface area contributed by atoms with E-state index in [2.05, 4.69) is 5.32 Å². The fourth-order valence-electron chi connectivity index (χ4n) is 2.44. The molecule has 0 saturated carbocycles. The summed E-state index contributed by atoms with van der Waals surface area (Å²) in [4.78, 5) is 25.0. The minimum Gasteiger partial charge on any atom is -0.460 e. The molecular weight excluding hydrogens is 327 g/mol. The molecule has 1 N–H and O–H groups in total. The van der Waals surface area contributed by atoms with Crippen LogP contribution in [-0.4, -0.2) is 54.4 Å². The maximum absolute atomic E-state index is 14.1. The molecular formula is C18H25FN2O4. The lowest BCUT2D eigenvalue weighted by molar-refractivity contribution is -0.144. The van der Waals surface area contributed by atoms with Gasteiger partial charge in [-0.05, 0) is 26.3 Å². The number of rotatable bonds is 5. The molecule has 1 heterocycles. The Bertz CT molecular complexity index is 588. The molecule has 1 fully saturated rings. The minimum atomic E-state index is -1.26. The van der Waals surface area contributed by atoms with Crippen LogP contribution in [0.25, 0.3) is 0 Å². The number of carbonyl (C=O) groups excluding carboxylic acids is 2. The first-order valence-corrected chi connectivity index (χ1v) is 8.29. The summed E-state index contributed by atoms with van der Waals surface area (Å²) in [6.45, 7) is 5.44. The molecule has 2 atom stereocenters. The van der Waals surface area contributed by atoms with E-state index >= 15 is 0 Å². The molecule has 6 nitrogen and oxygen atoms in total. The van der Waals surface area contributed by atoms with Crippen molar-refractivity contribution in [1.82, 2.24) is 10.2 Å². The molecule has 0 radical (unpaired) electrons. The molecule has 1 aromatic rings. The zero-order valence-electron chi connectivity index (χ0n) is 14.8. The lowest BCUT2D eigenvalue weighted by Gasteiger charge is -2.24. The van der Waals surface area contributed by atoms with Gasteiger partial charge >= 0.3 is 12.1 Å². The van der Waals surface area contributed by atoms with Gasteiger partial charge in [0, 0.05) is 6.54 Å². The summed E-state index contributed by atoms with van der Waals surface area (Å²) in [5, 5.41) is 2.82. The maximum Gasteiger partial charge on any atom is 0.410 e. The first kappa shape index (κ1) is 19.2. The highest BCUT2D eigenvalue weighted by Gasteiger charge is 2.37. The predicted octanol–water partition coefficient (Wildman–Crippen LogP) is 2.28. The van der Waals surface area contributed by atoms with E-state index in [1.54, 1.807) is 20.8 Å². The SMILES string of the molecule is CC(C)(C)OC(=O)N1C[C@H](F)[C@H](NCC(=O)OCc2ccccc2)C1. The molecule has 1 amide bonds. The van der Waals surface area contributed by atoms with Gasteiger partial charge in [0.15, 0.2) is 0 Å². The Morgan fingerprint density at radius 2 is 1.92 bits per heavy atom. The van der Waals surface area contributed by atoms with Gasteiger partial charge in [-0.2, -0.15) is 0 Å². The van der Waals surface area contributed by atoms with Gasteiger partial charge in [-0.15, -0.1) is 0 Å². The van der Waals surface area contributed by atoms with Gasteiger partial charge in [0.2, 0.25) is 0 Å². The summed E-state index contributed by atoms with van der Waals surface area (Å²) < 4.78 is 24.4. The van der Waals surface area contributed by atoms with Crippen LogP contribution in [0.15, 0.2) is 30.3 Å². The number of nitrogens with one attached hydrogen (secondary N) is 1. The number of halogens is 1. The van der Waals surface area contributed by atoms with Crippen LogP contribution in [0.2, 0.25) is 0 Å². The highest BCUT2D eigenvalue weighted by molar-refractivity contribution is 5.72. The smallest absolute Gasteiger partial charge is 0.410 e. The normalized spacial score (nSPS) is 20.4. The largest absolute Gasteiger partial charge is 0.460 e. The van der Waals surface area contributed by atoms with Crippen LogP contribution in [0.1, 0.15) is 26.3 Å². The van der Waals surface area contributed by atoms with E-state index in [-0.39, 0.29) is 26.2 Å². The first-order chi connectivity index (χ1) is 11.7. The third-order valence-corrected chi connectivity index (χ3v) is 3.65. The van der Waals surface area contributed by atoms with Crippen molar-refractivity contribution in [3.05, 3.63) is 35.9 Å². The third kappa shape index (κ3) is 6.34. The van der Waals surface area contributed by atoms with E-state index in [1.165, 1.54) is 4.90 Å². The Morgan fingerprint density at radius 1 is 1.24 bits per heavy atom. The molecule has 7 heteroatoms. The Balaban J connectivity index is 1.73. The van der Waals surface area contributed by atoms with Crippen molar-refractivity contribution < 1.29 is 23.5 Å². The Kier molecular flexibility index (Phi) is 6.36. The fourth-order valence-corrected chi connectivity index (χ4v) is 2.44. The van der Waals surface area contributed by atoms with Crippen LogP contribution >= 0.6 is 0 Å². The van der Waals surface area contributed by atoms with E-state index in [9.17, 15) is 14.0 Å².